The molecule has 14 heavy (non-hydrogen) atoms. The highest BCUT2D eigenvalue weighted by Gasteiger charge is 2.07. The molecule has 78 valence electrons. The fraction of sp³-hybridized carbons (Fsp3) is 0.538. The Kier molecular flexibility index (Phi) is 3.99. The summed E-state index contributed by atoms with van der Waals surface area (Å²) in [4.78, 5) is 0. The molecular weight excluding hydrogens is 172 g/mol. The van der Waals surface area contributed by atoms with E-state index in [1.165, 1.54) is 23.1 Å². The monoisotopic (exact) mass is 192 g/mol. The average Bonchev–Trinajstić information content (AvgIpc) is 2.21. The summed E-state index contributed by atoms with van der Waals surface area (Å²) in [5.41, 5.74) is 4.26. The van der Waals surface area contributed by atoms with Gasteiger partial charge in [-0.2, -0.15) is 0 Å². The van der Waals surface area contributed by atoms with Crippen LogP contribution in [0.1, 0.15) is 37.0 Å². The van der Waals surface area contributed by atoms with Gasteiger partial charge in [-0.1, -0.05) is 26.3 Å². The van der Waals surface area contributed by atoms with Crippen LogP contribution in [-0.4, -0.2) is 7.11 Å². The molecule has 1 aromatic carbocycles. The van der Waals surface area contributed by atoms with E-state index in [1.54, 1.807) is 7.11 Å². The molecule has 0 radical (unpaired) electrons. The van der Waals surface area contributed by atoms with Gasteiger partial charge in [-0.25, -0.2) is 0 Å². The Bertz CT molecular complexity index is 302. The lowest BCUT2D eigenvalue weighted by Crippen LogP contribution is -1.99. The van der Waals surface area contributed by atoms with Crippen molar-refractivity contribution in [1.82, 2.24) is 0 Å². The van der Waals surface area contributed by atoms with Gasteiger partial charge in [0.25, 0.3) is 0 Å². The van der Waals surface area contributed by atoms with Gasteiger partial charge in [0.2, 0.25) is 0 Å². The van der Waals surface area contributed by atoms with Gasteiger partial charge in [-0.05, 0) is 42.5 Å². The lowest BCUT2D eigenvalue weighted by molar-refractivity contribution is 0.410. The summed E-state index contributed by atoms with van der Waals surface area (Å²) >= 11 is 0. The largest absolute Gasteiger partial charge is 0.496 e. The van der Waals surface area contributed by atoms with Gasteiger partial charge >= 0.3 is 0 Å². The fourth-order valence-corrected chi connectivity index (χ4v) is 1.94. The van der Waals surface area contributed by atoms with E-state index in [4.69, 9.17) is 4.74 Å². The number of hydrogen-bond donors (Lipinski definition) is 0. The summed E-state index contributed by atoms with van der Waals surface area (Å²) in [5.74, 6) is 1.02. The zero-order valence-electron chi connectivity index (χ0n) is 9.68. The van der Waals surface area contributed by atoms with E-state index in [-0.39, 0.29) is 0 Å². The van der Waals surface area contributed by atoms with E-state index in [0.29, 0.717) is 0 Å². The molecule has 0 aromatic heterocycles. The summed E-state index contributed by atoms with van der Waals surface area (Å²) in [7, 11) is 1.74. The van der Waals surface area contributed by atoms with E-state index in [9.17, 15) is 0 Å². The molecule has 0 saturated heterocycles. The number of benzene rings is 1. The lowest BCUT2D eigenvalue weighted by atomic mass is 9.96. The second kappa shape index (κ2) is 5.04. The molecule has 1 heteroatoms. The average molecular weight is 192 g/mol. The molecule has 0 atom stereocenters. The molecule has 0 aliphatic heterocycles. The van der Waals surface area contributed by atoms with Crippen LogP contribution in [0.2, 0.25) is 0 Å². The topological polar surface area (TPSA) is 9.23 Å². The predicted molar refractivity (Wildman–Crippen MR) is 61.1 cm³/mol. The smallest absolute Gasteiger partial charge is 0.122 e. The van der Waals surface area contributed by atoms with Gasteiger partial charge in [-0.15, -0.1) is 0 Å². The minimum Gasteiger partial charge on any atom is -0.496 e. The van der Waals surface area contributed by atoms with Crippen LogP contribution in [0.3, 0.4) is 0 Å². The van der Waals surface area contributed by atoms with Gasteiger partial charge in [0.1, 0.15) is 5.75 Å². The molecule has 1 nitrogen and oxygen atoms in total. The molecule has 0 aliphatic rings. The lowest BCUT2D eigenvalue weighted by Gasteiger charge is -2.14. The third-order valence-electron chi connectivity index (χ3n) is 2.75. The number of rotatable bonds is 4. The second-order valence-corrected chi connectivity index (χ2v) is 3.63. The Morgan fingerprint density at radius 3 is 2.43 bits per heavy atom. The van der Waals surface area contributed by atoms with E-state index in [2.05, 4.69) is 32.9 Å². The maximum atomic E-state index is 5.33. The SMILES string of the molecule is CCCc1c(CC)ccc(OC)c1C. The Balaban J connectivity index is 3.16. The number of ether oxygens (including phenoxy) is 1. The van der Waals surface area contributed by atoms with E-state index in [0.717, 1.165) is 18.6 Å². The van der Waals surface area contributed by atoms with Crippen molar-refractivity contribution in [2.75, 3.05) is 7.11 Å². The standard InChI is InChI=1S/C13H20O/c1-5-7-12-10(3)13(14-4)9-8-11(12)6-2/h8-9H,5-7H2,1-4H3. The summed E-state index contributed by atoms with van der Waals surface area (Å²) in [5, 5.41) is 0. The molecule has 1 aromatic rings. The first-order valence-corrected chi connectivity index (χ1v) is 5.39. The van der Waals surface area contributed by atoms with Gasteiger partial charge in [0.15, 0.2) is 0 Å². The number of hydrogen-bond acceptors (Lipinski definition) is 1. The predicted octanol–water partition coefficient (Wildman–Crippen LogP) is 3.52. The molecule has 0 saturated carbocycles. The van der Waals surface area contributed by atoms with Crippen LogP contribution in [0.15, 0.2) is 12.1 Å². The second-order valence-electron chi connectivity index (χ2n) is 3.63. The van der Waals surface area contributed by atoms with Crippen LogP contribution in [0.25, 0.3) is 0 Å². The fourth-order valence-electron chi connectivity index (χ4n) is 1.94. The van der Waals surface area contributed by atoms with E-state index < -0.39 is 0 Å². The minimum absolute atomic E-state index is 1.02. The van der Waals surface area contributed by atoms with Gasteiger partial charge in [-0.3, -0.25) is 0 Å². The molecule has 0 unspecified atom stereocenters. The van der Waals surface area contributed by atoms with Crippen molar-refractivity contribution in [3.05, 3.63) is 28.8 Å². The first kappa shape index (κ1) is 11.1. The quantitative estimate of drug-likeness (QED) is 0.709. The highest BCUT2D eigenvalue weighted by Crippen LogP contribution is 2.26. The minimum atomic E-state index is 1.02. The maximum absolute atomic E-state index is 5.33. The summed E-state index contributed by atoms with van der Waals surface area (Å²) < 4.78 is 5.33. The van der Waals surface area contributed by atoms with Crippen LogP contribution in [0, 0.1) is 6.92 Å². The van der Waals surface area contributed by atoms with Crippen LogP contribution >= 0.6 is 0 Å². The van der Waals surface area contributed by atoms with E-state index >= 15 is 0 Å². The normalized spacial score (nSPS) is 10.3. The number of aryl methyl sites for hydroxylation is 1. The molecule has 0 N–H and O–H groups in total. The highest BCUT2D eigenvalue weighted by molar-refractivity contribution is 5.44. The highest BCUT2D eigenvalue weighted by atomic mass is 16.5. The van der Waals surface area contributed by atoms with Crippen molar-refractivity contribution < 1.29 is 4.74 Å². The molecule has 1 rings (SSSR count). The summed E-state index contributed by atoms with van der Waals surface area (Å²) in [6.07, 6.45) is 3.47. The zero-order chi connectivity index (χ0) is 10.6. The molecule has 0 heterocycles. The molecule has 0 fully saturated rings. The maximum Gasteiger partial charge on any atom is 0.122 e. The Labute approximate surface area is 87.1 Å². The third kappa shape index (κ3) is 2.09. The molecule has 0 amide bonds. The number of methoxy groups -OCH3 is 1. The summed E-state index contributed by atoms with van der Waals surface area (Å²) in [6.45, 7) is 6.59. The van der Waals surface area contributed by atoms with Crippen molar-refractivity contribution in [3.8, 4) is 5.75 Å². The van der Waals surface area contributed by atoms with Crippen molar-refractivity contribution in [1.29, 1.82) is 0 Å². The first-order valence-electron chi connectivity index (χ1n) is 5.39. The first-order chi connectivity index (χ1) is 6.74. The Morgan fingerprint density at radius 1 is 1.21 bits per heavy atom. The molecule has 0 bridgehead atoms. The van der Waals surface area contributed by atoms with Crippen molar-refractivity contribution >= 4 is 0 Å². The Hall–Kier alpha value is -0.980. The molecule has 0 spiro atoms. The van der Waals surface area contributed by atoms with Gasteiger partial charge < -0.3 is 4.74 Å². The van der Waals surface area contributed by atoms with Gasteiger partial charge in [0.05, 0.1) is 7.11 Å². The van der Waals surface area contributed by atoms with Crippen LogP contribution in [0.5, 0.6) is 5.75 Å². The Morgan fingerprint density at radius 2 is 1.93 bits per heavy atom. The third-order valence-corrected chi connectivity index (χ3v) is 2.75. The molecule has 0 aliphatic carbocycles. The van der Waals surface area contributed by atoms with Crippen LogP contribution < -0.4 is 4.74 Å². The van der Waals surface area contributed by atoms with Crippen molar-refractivity contribution in [3.63, 3.8) is 0 Å². The zero-order valence-corrected chi connectivity index (χ0v) is 9.68. The van der Waals surface area contributed by atoms with Crippen molar-refractivity contribution in [2.45, 2.75) is 40.0 Å². The van der Waals surface area contributed by atoms with E-state index in [1.807, 2.05) is 0 Å². The summed E-state index contributed by atoms with van der Waals surface area (Å²) in [6, 6.07) is 4.27. The van der Waals surface area contributed by atoms with Crippen LogP contribution in [-0.2, 0) is 12.8 Å². The van der Waals surface area contributed by atoms with Crippen LogP contribution in [0.4, 0.5) is 0 Å². The van der Waals surface area contributed by atoms with Gasteiger partial charge in [0, 0.05) is 0 Å². The molecular formula is C13H20O. The van der Waals surface area contributed by atoms with Crippen molar-refractivity contribution in [2.24, 2.45) is 0 Å².